The number of hydrogen-bond donors (Lipinski definition) is 1. The van der Waals surface area contributed by atoms with Crippen molar-refractivity contribution < 1.29 is 23.8 Å². The summed E-state index contributed by atoms with van der Waals surface area (Å²) in [5.74, 6) is 1.18. The minimum absolute atomic E-state index is 0.385. The van der Waals surface area contributed by atoms with Gasteiger partial charge in [-0.05, 0) is 36.4 Å². The van der Waals surface area contributed by atoms with Crippen LogP contribution in [0.2, 0.25) is 0 Å². The number of rotatable bonds is 11. The lowest BCUT2D eigenvalue weighted by molar-refractivity contribution is 0.104. The fourth-order valence-electron chi connectivity index (χ4n) is 3.59. The molecule has 0 amide bonds. The van der Waals surface area contributed by atoms with Crippen LogP contribution in [0.15, 0.2) is 64.6 Å². The predicted molar refractivity (Wildman–Crippen MR) is 123 cm³/mol. The maximum atomic E-state index is 9.64. The maximum Gasteiger partial charge on any atom is 0.155 e. The molecule has 1 N–H and O–H groups in total. The van der Waals surface area contributed by atoms with Gasteiger partial charge >= 0.3 is 0 Å². The van der Waals surface area contributed by atoms with Gasteiger partial charge in [0.15, 0.2) is 5.76 Å². The van der Waals surface area contributed by atoms with Crippen molar-refractivity contribution in [2.45, 2.75) is 0 Å². The van der Waals surface area contributed by atoms with Gasteiger partial charge < -0.3 is 28.2 Å². The number of hydrogen-bond acceptors (Lipinski definition) is 8. The van der Waals surface area contributed by atoms with Crippen LogP contribution in [0.3, 0.4) is 0 Å². The van der Waals surface area contributed by atoms with Crippen molar-refractivity contribution in [1.82, 2.24) is 14.3 Å². The first-order valence-electron chi connectivity index (χ1n) is 10.7. The molecule has 0 spiro atoms. The van der Waals surface area contributed by atoms with Crippen LogP contribution in [0.5, 0.6) is 5.75 Å². The summed E-state index contributed by atoms with van der Waals surface area (Å²) in [5.41, 5.74) is 2.22. The molecule has 174 valence electrons. The Morgan fingerprint density at radius 3 is 2.58 bits per heavy atom. The van der Waals surface area contributed by atoms with Crippen molar-refractivity contribution in [1.29, 1.82) is 0 Å². The standard InChI is InChI=1S/C24H28N4O5/c1-30-11-8-27(9-12-31-2)10-13-32-19-5-6-23-20(15-19)21(26-29)16-24(33-23)22-14-18-4-3-7-28(18)17-25-22/h3-7,14-17,29H,8-13H2,1-2H3. The fourth-order valence-corrected chi connectivity index (χ4v) is 3.59. The van der Waals surface area contributed by atoms with E-state index in [2.05, 4.69) is 15.0 Å². The summed E-state index contributed by atoms with van der Waals surface area (Å²) in [4.78, 5) is 6.67. The van der Waals surface area contributed by atoms with Crippen LogP contribution in [0.25, 0.3) is 27.9 Å². The van der Waals surface area contributed by atoms with E-state index in [-0.39, 0.29) is 0 Å². The van der Waals surface area contributed by atoms with E-state index in [1.807, 2.05) is 47.0 Å². The highest BCUT2D eigenvalue weighted by molar-refractivity contribution is 5.80. The third-order valence-corrected chi connectivity index (χ3v) is 5.39. The Kier molecular flexibility index (Phi) is 7.56. The zero-order valence-corrected chi connectivity index (χ0v) is 18.8. The van der Waals surface area contributed by atoms with E-state index >= 15 is 0 Å². The summed E-state index contributed by atoms with van der Waals surface area (Å²) in [7, 11) is 3.38. The zero-order valence-electron chi connectivity index (χ0n) is 18.8. The van der Waals surface area contributed by atoms with Crippen molar-refractivity contribution in [3.05, 3.63) is 60.3 Å². The molecule has 9 heteroatoms. The molecule has 0 bridgehead atoms. The molecule has 9 nitrogen and oxygen atoms in total. The third kappa shape index (κ3) is 5.51. The van der Waals surface area contributed by atoms with E-state index in [0.717, 1.165) is 25.2 Å². The second-order valence-electron chi connectivity index (χ2n) is 7.54. The van der Waals surface area contributed by atoms with Crippen LogP contribution >= 0.6 is 0 Å². The van der Waals surface area contributed by atoms with Crippen LogP contribution in [0.1, 0.15) is 0 Å². The summed E-state index contributed by atoms with van der Waals surface area (Å²) in [5, 5.41) is 14.1. The molecule has 33 heavy (non-hydrogen) atoms. The van der Waals surface area contributed by atoms with Gasteiger partial charge in [-0.25, -0.2) is 4.98 Å². The number of fused-ring (bicyclic) bond motifs is 2. The highest BCUT2D eigenvalue weighted by atomic mass is 16.5. The molecule has 0 aliphatic carbocycles. The van der Waals surface area contributed by atoms with Crippen molar-refractivity contribution in [3.63, 3.8) is 0 Å². The molecule has 4 aromatic rings. The van der Waals surface area contributed by atoms with Gasteiger partial charge in [-0.3, -0.25) is 4.90 Å². The first kappa shape index (κ1) is 22.8. The Labute approximate surface area is 191 Å². The molecular formula is C24H28N4O5. The van der Waals surface area contributed by atoms with Gasteiger partial charge in [0.1, 0.15) is 29.0 Å². The molecule has 4 rings (SSSR count). The van der Waals surface area contributed by atoms with Gasteiger partial charge in [0.2, 0.25) is 0 Å². The summed E-state index contributed by atoms with van der Waals surface area (Å²) < 4.78 is 24.3. The first-order chi connectivity index (χ1) is 16.2. The van der Waals surface area contributed by atoms with Gasteiger partial charge in [-0.15, -0.1) is 0 Å². The third-order valence-electron chi connectivity index (χ3n) is 5.39. The highest BCUT2D eigenvalue weighted by Gasteiger charge is 2.10. The SMILES string of the molecule is COCCN(CCOC)CCOc1ccc2oc(-c3cc4cccn4cn3)cc(=NO)c2c1. The van der Waals surface area contributed by atoms with E-state index < -0.39 is 0 Å². The van der Waals surface area contributed by atoms with Crippen molar-refractivity contribution in [2.24, 2.45) is 5.16 Å². The van der Waals surface area contributed by atoms with E-state index in [1.165, 1.54) is 0 Å². The average Bonchev–Trinajstić information content (AvgIpc) is 3.32. The topological polar surface area (TPSA) is 94.0 Å². The van der Waals surface area contributed by atoms with E-state index in [4.69, 9.17) is 18.6 Å². The normalized spacial score (nSPS) is 12.3. The number of methoxy groups -OCH3 is 2. The first-order valence-corrected chi connectivity index (χ1v) is 10.7. The summed E-state index contributed by atoms with van der Waals surface area (Å²) in [6, 6.07) is 13.0. The summed E-state index contributed by atoms with van der Waals surface area (Å²) in [6.07, 6.45) is 3.65. The molecule has 0 aliphatic rings. The minimum Gasteiger partial charge on any atom is -0.492 e. The lowest BCUT2D eigenvalue weighted by Crippen LogP contribution is -2.34. The van der Waals surface area contributed by atoms with Crippen molar-refractivity contribution in [2.75, 3.05) is 53.7 Å². The molecule has 0 atom stereocenters. The van der Waals surface area contributed by atoms with Crippen LogP contribution in [0.4, 0.5) is 0 Å². The molecule has 0 radical (unpaired) electrons. The minimum atomic E-state index is 0.385. The maximum absolute atomic E-state index is 9.64. The Bertz CT molecular complexity index is 1260. The number of nitrogens with zero attached hydrogens (tertiary/aromatic N) is 4. The number of aromatic nitrogens is 2. The molecule has 3 aromatic heterocycles. The lowest BCUT2D eigenvalue weighted by atomic mass is 10.2. The smallest absolute Gasteiger partial charge is 0.155 e. The second-order valence-corrected chi connectivity index (χ2v) is 7.54. The number of ether oxygens (including phenoxy) is 3. The molecule has 0 aliphatic heterocycles. The van der Waals surface area contributed by atoms with Crippen LogP contribution < -0.4 is 10.1 Å². The average molecular weight is 453 g/mol. The van der Waals surface area contributed by atoms with Crippen LogP contribution in [0, 0.1) is 0 Å². The Hall–Kier alpha value is -3.40. The molecular weight excluding hydrogens is 424 g/mol. The molecule has 0 unspecified atom stereocenters. The van der Waals surface area contributed by atoms with E-state index in [0.29, 0.717) is 53.4 Å². The van der Waals surface area contributed by atoms with Gasteiger partial charge in [-0.2, -0.15) is 0 Å². The van der Waals surface area contributed by atoms with Crippen molar-refractivity contribution >= 4 is 16.5 Å². The fraction of sp³-hybridized carbons (Fsp3) is 0.333. The van der Waals surface area contributed by atoms with E-state index in [9.17, 15) is 5.21 Å². The Balaban J connectivity index is 1.52. The zero-order chi connectivity index (χ0) is 23.0. The molecule has 0 fully saturated rings. The van der Waals surface area contributed by atoms with Gasteiger partial charge in [0.25, 0.3) is 0 Å². The lowest BCUT2D eigenvalue weighted by Gasteiger charge is -2.21. The van der Waals surface area contributed by atoms with E-state index in [1.54, 1.807) is 26.6 Å². The number of benzene rings is 1. The summed E-state index contributed by atoms with van der Waals surface area (Å²) >= 11 is 0. The van der Waals surface area contributed by atoms with Crippen LogP contribution in [-0.2, 0) is 9.47 Å². The van der Waals surface area contributed by atoms with Crippen LogP contribution in [-0.4, -0.2) is 73.2 Å². The van der Waals surface area contributed by atoms with Crippen molar-refractivity contribution in [3.8, 4) is 17.2 Å². The Morgan fingerprint density at radius 1 is 1.03 bits per heavy atom. The molecule has 3 heterocycles. The Morgan fingerprint density at radius 2 is 1.82 bits per heavy atom. The van der Waals surface area contributed by atoms with Gasteiger partial charge in [0.05, 0.1) is 24.9 Å². The second kappa shape index (κ2) is 11.0. The highest BCUT2D eigenvalue weighted by Crippen LogP contribution is 2.24. The summed E-state index contributed by atoms with van der Waals surface area (Å²) in [6.45, 7) is 4.15. The molecule has 1 aromatic carbocycles. The largest absolute Gasteiger partial charge is 0.492 e. The quantitative estimate of drug-likeness (QED) is 0.276. The molecule has 0 saturated carbocycles. The van der Waals surface area contributed by atoms with Gasteiger partial charge in [0, 0.05) is 51.6 Å². The van der Waals surface area contributed by atoms with Gasteiger partial charge in [-0.1, -0.05) is 5.16 Å². The monoisotopic (exact) mass is 452 g/mol. The predicted octanol–water partition coefficient (Wildman–Crippen LogP) is 3.01. The molecule has 0 saturated heterocycles.